The standard InChI is InChI=1S/C24H24F2N4O7S2/c1-36-24(33)29-14-5-3-12(4-6-14)15-9-18-16(10-17(15)37-23(25)26)30-22(38-18)20(39(2,34)35)21(32)27-11-19(31)28-13-7-8-13/h3-6,9-10,13,20,23H,7-8,11H2,1-2H3,(H,27,32)(H,28,31)(H,29,33). The second-order valence-electron chi connectivity index (χ2n) is 8.71. The highest BCUT2D eigenvalue weighted by Gasteiger charge is 2.34. The molecule has 15 heteroatoms. The number of halogens is 2. The third kappa shape index (κ3) is 7.17. The van der Waals surface area contributed by atoms with Gasteiger partial charge in [0.25, 0.3) is 0 Å². The number of aromatic nitrogens is 1. The van der Waals surface area contributed by atoms with Crippen molar-refractivity contribution >= 4 is 55.0 Å². The van der Waals surface area contributed by atoms with E-state index in [1.807, 2.05) is 0 Å². The Balaban J connectivity index is 1.66. The van der Waals surface area contributed by atoms with Crippen LogP contribution in [-0.2, 0) is 24.2 Å². The van der Waals surface area contributed by atoms with Crippen LogP contribution in [0.1, 0.15) is 23.1 Å². The molecule has 1 aromatic heterocycles. The highest BCUT2D eigenvalue weighted by molar-refractivity contribution is 7.91. The highest BCUT2D eigenvalue weighted by Crippen LogP contribution is 2.39. The van der Waals surface area contributed by atoms with E-state index in [2.05, 4.69) is 25.7 Å². The summed E-state index contributed by atoms with van der Waals surface area (Å²) in [5, 5.41) is 5.70. The molecular weight excluding hydrogens is 558 g/mol. The van der Waals surface area contributed by atoms with Crippen molar-refractivity contribution in [2.45, 2.75) is 30.7 Å². The van der Waals surface area contributed by atoms with E-state index in [1.165, 1.54) is 31.4 Å². The lowest BCUT2D eigenvalue weighted by atomic mass is 10.0. The van der Waals surface area contributed by atoms with E-state index in [9.17, 15) is 31.6 Å². The van der Waals surface area contributed by atoms with Gasteiger partial charge in [-0.15, -0.1) is 11.3 Å². The lowest BCUT2D eigenvalue weighted by molar-refractivity contribution is -0.126. The number of sulfone groups is 1. The third-order valence-corrected chi connectivity index (χ3v) is 8.13. The number of fused-ring (bicyclic) bond motifs is 1. The summed E-state index contributed by atoms with van der Waals surface area (Å²) in [4.78, 5) is 40.4. The van der Waals surface area contributed by atoms with Crippen LogP contribution in [0, 0.1) is 0 Å². The SMILES string of the molecule is COC(=O)Nc1ccc(-c2cc3sc(C(C(=O)NCC(=O)NC4CC4)S(C)(=O)=O)nc3cc2OC(F)F)cc1. The number of anilines is 1. The molecular formula is C24H24F2N4O7S2. The quantitative estimate of drug-likeness (QED) is 0.330. The van der Waals surface area contributed by atoms with Crippen molar-refractivity contribution in [3.8, 4) is 16.9 Å². The van der Waals surface area contributed by atoms with Gasteiger partial charge in [0.05, 0.1) is 23.9 Å². The van der Waals surface area contributed by atoms with Crippen molar-refractivity contribution in [1.29, 1.82) is 0 Å². The van der Waals surface area contributed by atoms with Gasteiger partial charge < -0.3 is 20.1 Å². The average Bonchev–Trinajstić information content (AvgIpc) is 3.58. The number of nitrogens with zero attached hydrogens (tertiary/aromatic N) is 1. The van der Waals surface area contributed by atoms with Gasteiger partial charge in [0, 0.05) is 29.6 Å². The normalized spacial score (nSPS) is 14.1. The van der Waals surface area contributed by atoms with Gasteiger partial charge in [0.1, 0.15) is 10.8 Å². The van der Waals surface area contributed by atoms with Gasteiger partial charge in [0.15, 0.2) is 15.1 Å². The van der Waals surface area contributed by atoms with Crippen molar-refractivity contribution in [2.75, 3.05) is 25.2 Å². The second kappa shape index (κ2) is 11.5. The molecule has 11 nitrogen and oxygen atoms in total. The van der Waals surface area contributed by atoms with Gasteiger partial charge >= 0.3 is 12.7 Å². The Kier molecular flexibility index (Phi) is 8.30. The first kappa shape index (κ1) is 28.2. The zero-order valence-corrected chi connectivity index (χ0v) is 22.3. The molecule has 1 fully saturated rings. The lowest BCUT2D eigenvalue weighted by Crippen LogP contribution is -2.41. The molecule has 0 radical (unpaired) electrons. The Labute approximate surface area is 225 Å². The number of hydrogen-bond donors (Lipinski definition) is 3. The maximum absolute atomic E-state index is 13.2. The molecule has 3 amide bonds. The monoisotopic (exact) mass is 582 g/mol. The molecule has 2 aromatic carbocycles. The van der Waals surface area contributed by atoms with E-state index < -0.39 is 46.2 Å². The molecule has 1 aliphatic carbocycles. The molecule has 1 heterocycles. The highest BCUT2D eigenvalue weighted by atomic mass is 32.2. The van der Waals surface area contributed by atoms with Crippen molar-refractivity contribution in [3.05, 3.63) is 41.4 Å². The smallest absolute Gasteiger partial charge is 0.411 e. The molecule has 0 aliphatic heterocycles. The van der Waals surface area contributed by atoms with Crippen molar-refractivity contribution in [1.82, 2.24) is 15.6 Å². The number of carbonyl (C=O) groups is 3. The Morgan fingerprint density at radius 3 is 2.44 bits per heavy atom. The minimum absolute atomic E-state index is 0.0727. The fourth-order valence-corrected chi connectivity index (χ4v) is 6.19. The summed E-state index contributed by atoms with van der Waals surface area (Å²) in [5.41, 5.74) is 1.25. The lowest BCUT2D eigenvalue weighted by Gasteiger charge is -2.12. The molecule has 3 aromatic rings. The molecule has 1 saturated carbocycles. The fraction of sp³-hybridized carbons (Fsp3) is 0.333. The number of carbonyl (C=O) groups excluding carboxylic acids is 3. The summed E-state index contributed by atoms with van der Waals surface area (Å²) in [6.45, 7) is -3.56. The first-order valence-electron chi connectivity index (χ1n) is 11.5. The molecule has 0 bridgehead atoms. The maximum Gasteiger partial charge on any atom is 0.411 e. The number of thiazole rings is 1. The molecule has 0 spiro atoms. The van der Waals surface area contributed by atoms with E-state index in [0.29, 0.717) is 16.0 Å². The van der Waals surface area contributed by atoms with Crippen molar-refractivity contribution in [3.63, 3.8) is 0 Å². The summed E-state index contributed by atoms with van der Waals surface area (Å²) in [6.07, 6.45) is 1.89. The van der Waals surface area contributed by atoms with E-state index in [4.69, 9.17) is 4.74 Å². The van der Waals surface area contributed by atoms with Gasteiger partial charge in [-0.3, -0.25) is 14.9 Å². The zero-order valence-electron chi connectivity index (χ0n) is 20.7. The predicted molar refractivity (Wildman–Crippen MR) is 139 cm³/mol. The largest absolute Gasteiger partial charge is 0.453 e. The number of amides is 3. The topological polar surface area (TPSA) is 153 Å². The Bertz CT molecular complexity index is 1510. The zero-order chi connectivity index (χ0) is 28.3. The van der Waals surface area contributed by atoms with Gasteiger partial charge in [-0.25, -0.2) is 18.2 Å². The summed E-state index contributed by atoms with van der Waals surface area (Å²) in [5.74, 6) is -1.59. The second-order valence-corrected chi connectivity index (χ2v) is 11.9. The number of methoxy groups -OCH3 is 1. The first-order valence-corrected chi connectivity index (χ1v) is 14.3. The number of ether oxygens (including phenoxy) is 2. The number of hydrogen-bond acceptors (Lipinski definition) is 9. The van der Waals surface area contributed by atoms with Gasteiger partial charge in [-0.05, 0) is 36.6 Å². The fourth-order valence-electron chi connectivity index (χ4n) is 3.66. The number of alkyl halides is 2. The maximum atomic E-state index is 13.2. The minimum atomic E-state index is -4.02. The van der Waals surface area contributed by atoms with Crippen LogP contribution in [0.2, 0.25) is 0 Å². The summed E-state index contributed by atoms with van der Waals surface area (Å²) in [6, 6.07) is 8.99. The van der Waals surface area contributed by atoms with Gasteiger partial charge in [-0.1, -0.05) is 12.1 Å². The predicted octanol–water partition coefficient (Wildman–Crippen LogP) is 3.22. The van der Waals surface area contributed by atoms with Crippen molar-refractivity contribution in [2.24, 2.45) is 0 Å². The molecule has 1 atom stereocenters. The first-order chi connectivity index (χ1) is 18.4. The van der Waals surface area contributed by atoms with E-state index in [0.717, 1.165) is 30.4 Å². The molecule has 208 valence electrons. The van der Waals surface area contributed by atoms with Crippen LogP contribution >= 0.6 is 11.3 Å². The molecule has 0 saturated heterocycles. The Morgan fingerprint density at radius 1 is 1.15 bits per heavy atom. The minimum Gasteiger partial charge on any atom is -0.453 e. The number of benzene rings is 2. The van der Waals surface area contributed by atoms with Gasteiger partial charge in [-0.2, -0.15) is 8.78 Å². The molecule has 1 aliphatic rings. The Morgan fingerprint density at radius 2 is 1.85 bits per heavy atom. The number of nitrogens with one attached hydrogen (secondary N) is 3. The van der Waals surface area contributed by atoms with Crippen LogP contribution in [0.4, 0.5) is 19.3 Å². The van der Waals surface area contributed by atoms with Crippen LogP contribution < -0.4 is 20.7 Å². The molecule has 3 N–H and O–H groups in total. The third-order valence-electron chi connectivity index (χ3n) is 5.61. The van der Waals surface area contributed by atoms with Crippen LogP contribution in [0.3, 0.4) is 0 Å². The summed E-state index contributed by atoms with van der Waals surface area (Å²) >= 11 is 0.898. The summed E-state index contributed by atoms with van der Waals surface area (Å²) < 4.78 is 61.2. The van der Waals surface area contributed by atoms with Crippen LogP contribution in [-0.4, -0.2) is 63.9 Å². The van der Waals surface area contributed by atoms with E-state index in [-0.39, 0.29) is 27.9 Å². The van der Waals surface area contributed by atoms with Crippen molar-refractivity contribution < 1.29 is 41.1 Å². The van der Waals surface area contributed by atoms with Crippen LogP contribution in [0.5, 0.6) is 5.75 Å². The molecule has 1 unspecified atom stereocenters. The molecule has 4 rings (SSSR count). The average molecular weight is 583 g/mol. The van der Waals surface area contributed by atoms with E-state index >= 15 is 0 Å². The molecule has 39 heavy (non-hydrogen) atoms. The number of rotatable bonds is 10. The van der Waals surface area contributed by atoms with Crippen LogP contribution in [0.25, 0.3) is 21.3 Å². The van der Waals surface area contributed by atoms with E-state index in [1.54, 1.807) is 12.1 Å². The Hall–Kier alpha value is -3.85. The van der Waals surface area contributed by atoms with Gasteiger partial charge in [0.2, 0.25) is 11.8 Å². The van der Waals surface area contributed by atoms with Crippen LogP contribution in [0.15, 0.2) is 36.4 Å². The summed E-state index contributed by atoms with van der Waals surface area (Å²) in [7, 11) is -2.82.